The number of rotatable bonds is 11. The monoisotopic (exact) mass is 384 g/mol. The molecule has 2 rings (SSSR count). The summed E-state index contributed by atoms with van der Waals surface area (Å²) in [7, 11) is 0. The molecule has 0 fully saturated rings. The number of anilines is 2. The Bertz CT molecular complexity index is 681. The van der Waals surface area contributed by atoms with E-state index in [0.29, 0.717) is 48.7 Å². The number of carbonyl (C=O) groups excluding carboxylic acids is 2. The SMILES string of the molecule is Nc1ccc(C(=O)NCCNCCNCCNC(=O)c2ccc(N)cc2)cc1. The quantitative estimate of drug-likeness (QED) is 0.242. The van der Waals surface area contributed by atoms with Gasteiger partial charge in [0.25, 0.3) is 11.8 Å². The van der Waals surface area contributed by atoms with Crippen LogP contribution in [0.4, 0.5) is 11.4 Å². The van der Waals surface area contributed by atoms with Crippen LogP contribution < -0.4 is 32.7 Å². The molecule has 8 heteroatoms. The van der Waals surface area contributed by atoms with Crippen LogP contribution in [0.15, 0.2) is 48.5 Å². The number of carbonyl (C=O) groups is 2. The molecule has 0 aromatic heterocycles. The topological polar surface area (TPSA) is 134 Å². The van der Waals surface area contributed by atoms with Crippen molar-refractivity contribution in [2.24, 2.45) is 0 Å². The third-order valence-corrected chi connectivity index (χ3v) is 4.00. The molecule has 150 valence electrons. The summed E-state index contributed by atoms with van der Waals surface area (Å²) in [5.74, 6) is -0.228. The third kappa shape index (κ3) is 7.65. The molecule has 2 aromatic rings. The first-order valence-corrected chi connectivity index (χ1v) is 9.25. The predicted octanol–water partition coefficient (Wildman–Crippen LogP) is 0.190. The fraction of sp³-hybridized carbons (Fsp3) is 0.300. The van der Waals surface area contributed by atoms with Crippen molar-refractivity contribution in [3.8, 4) is 0 Å². The molecule has 0 atom stereocenters. The van der Waals surface area contributed by atoms with Gasteiger partial charge in [0.1, 0.15) is 0 Å². The summed E-state index contributed by atoms with van der Waals surface area (Å²) in [5, 5.41) is 12.2. The number of nitrogens with two attached hydrogens (primary N) is 2. The normalized spacial score (nSPS) is 10.4. The van der Waals surface area contributed by atoms with Gasteiger partial charge >= 0.3 is 0 Å². The molecule has 8 N–H and O–H groups in total. The van der Waals surface area contributed by atoms with E-state index < -0.39 is 0 Å². The summed E-state index contributed by atoms with van der Waals surface area (Å²) in [6.07, 6.45) is 0. The van der Waals surface area contributed by atoms with E-state index in [-0.39, 0.29) is 11.8 Å². The van der Waals surface area contributed by atoms with E-state index in [9.17, 15) is 9.59 Å². The Labute approximate surface area is 165 Å². The fourth-order valence-corrected chi connectivity index (χ4v) is 2.43. The molecule has 0 spiro atoms. The van der Waals surface area contributed by atoms with Crippen molar-refractivity contribution >= 4 is 23.2 Å². The highest BCUT2D eigenvalue weighted by atomic mass is 16.2. The lowest BCUT2D eigenvalue weighted by molar-refractivity contribution is 0.0945. The Balaban J connectivity index is 1.44. The maximum Gasteiger partial charge on any atom is 0.251 e. The largest absolute Gasteiger partial charge is 0.399 e. The molecular formula is C20H28N6O2. The summed E-state index contributed by atoms with van der Waals surface area (Å²) in [4.78, 5) is 23.8. The van der Waals surface area contributed by atoms with Gasteiger partial charge in [-0.15, -0.1) is 0 Å². The Morgan fingerprint density at radius 2 is 0.893 bits per heavy atom. The first kappa shape index (κ1) is 21.2. The zero-order valence-corrected chi connectivity index (χ0v) is 15.8. The maximum absolute atomic E-state index is 11.9. The predicted molar refractivity (Wildman–Crippen MR) is 112 cm³/mol. The summed E-state index contributed by atoms with van der Waals surface area (Å²) in [5.41, 5.74) is 13.7. The van der Waals surface area contributed by atoms with Crippen LogP contribution >= 0.6 is 0 Å². The zero-order chi connectivity index (χ0) is 20.2. The van der Waals surface area contributed by atoms with Crippen molar-refractivity contribution in [3.05, 3.63) is 59.7 Å². The van der Waals surface area contributed by atoms with Crippen LogP contribution in [0.2, 0.25) is 0 Å². The molecule has 8 nitrogen and oxygen atoms in total. The molecular weight excluding hydrogens is 356 g/mol. The second-order valence-corrected chi connectivity index (χ2v) is 6.26. The number of nitrogen functional groups attached to an aromatic ring is 2. The van der Waals surface area contributed by atoms with E-state index >= 15 is 0 Å². The first-order chi connectivity index (χ1) is 13.6. The van der Waals surface area contributed by atoms with Gasteiger partial charge in [0.05, 0.1) is 0 Å². The Kier molecular flexibility index (Phi) is 8.77. The van der Waals surface area contributed by atoms with Gasteiger partial charge in [-0.25, -0.2) is 0 Å². The van der Waals surface area contributed by atoms with Crippen molar-refractivity contribution < 1.29 is 9.59 Å². The lowest BCUT2D eigenvalue weighted by atomic mass is 10.2. The van der Waals surface area contributed by atoms with Crippen LogP contribution in [0.5, 0.6) is 0 Å². The van der Waals surface area contributed by atoms with Crippen LogP contribution in [-0.4, -0.2) is 51.1 Å². The maximum atomic E-state index is 11.9. The molecule has 28 heavy (non-hydrogen) atoms. The second-order valence-electron chi connectivity index (χ2n) is 6.26. The van der Waals surface area contributed by atoms with Crippen molar-refractivity contribution in [3.63, 3.8) is 0 Å². The lowest BCUT2D eigenvalue weighted by Gasteiger charge is -2.09. The fourth-order valence-electron chi connectivity index (χ4n) is 2.43. The standard InChI is InChI=1S/C20H28N6O2/c21-17-5-1-15(2-6-17)19(27)25-13-11-23-9-10-24-12-14-26-20(28)16-3-7-18(22)8-4-16/h1-8,23-24H,9-14,21-22H2,(H,25,27)(H,26,28). The minimum absolute atomic E-state index is 0.114. The molecule has 0 saturated heterocycles. The molecule has 0 heterocycles. The van der Waals surface area contributed by atoms with E-state index in [2.05, 4.69) is 21.3 Å². The summed E-state index contributed by atoms with van der Waals surface area (Å²) >= 11 is 0. The van der Waals surface area contributed by atoms with Gasteiger partial charge in [0, 0.05) is 61.8 Å². The molecule has 2 aromatic carbocycles. The Morgan fingerprint density at radius 1 is 0.571 bits per heavy atom. The van der Waals surface area contributed by atoms with Crippen LogP contribution in [0.3, 0.4) is 0 Å². The molecule has 0 bridgehead atoms. The highest BCUT2D eigenvalue weighted by Gasteiger charge is 2.04. The van der Waals surface area contributed by atoms with Crippen molar-refractivity contribution in [1.82, 2.24) is 21.3 Å². The van der Waals surface area contributed by atoms with Crippen molar-refractivity contribution in [2.75, 3.05) is 50.7 Å². The van der Waals surface area contributed by atoms with Gasteiger partial charge in [-0.1, -0.05) is 0 Å². The van der Waals surface area contributed by atoms with Gasteiger partial charge in [-0.05, 0) is 48.5 Å². The van der Waals surface area contributed by atoms with E-state index in [1.54, 1.807) is 48.5 Å². The molecule has 0 aliphatic carbocycles. The van der Waals surface area contributed by atoms with Gasteiger partial charge in [0.15, 0.2) is 0 Å². The second kappa shape index (κ2) is 11.6. The van der Waals surface area contributed by atoms with E-state index in [1.165, 1.54) is 0 Å². The van der Waals surface area contributed by atoms with Crippen LogP contribution in [0, 0.1) is 0 Å². The van der Waals surface area contributed by atoms with E-state index in [1.807, 2.05) is 0 Å². The summed E-state index contributed by atoms with van der Waals surface area (Å²) in [6.45, 7) is 3.97. The summed E-state index contributed by atoms with van der Waals surface area (Å²) < 4.78 is 0. The Hall–Kier alpha value is -3.10. The average Bonchev–Trinajstić information content (AvgIpc) is 2.70. The number of hydrogen-bond acceptors (Lipinski definition) is 6. The van der Waals surface area contributed by atoms with E-state index in [0.717, 1.165) is 13.1 Å². The highest BCUT2D eigenvalue weighted by Crippen LogP contribution is 2.05. The van der Waals surface area contributed by atoms with Crippen molar-refractivity contribution in [2.45, 2.75) is 0 Å². The minimum atomic E-state index is -0.114. The molecule has 2 amide bonds. The first-order valence-electron chi connectivity index (χ1n) is 9.25. The zero-order valence-electron chi connectivity index (χ0n) is 15.8. The number of amides is 2. The lowest BCUT2D eigenvalue weighted by Crippen LogP contribution is -2.37. The Morgan fingerprint density at radius 3 is 1.25 bits per heavy atom. The van der Waals surface area contributed by atoms with Crippen LogP contribution in [0.1, 0.15) is 20.7 Å². The average molecular weight is 384 g/mol. The molecule has 0 saturated carbocycles. The van der Waals surface area contributed by atoms with Gasteiger partial charge in [-0.3, -0.25) is 9.59 Å². The van der Waals surface area contributed by atoms with Gasteiger partial charge < -0.3 is 32.7 Å². The molecule has 0 aliphatic rings. The minimum Gasteiger partial charge on any atom is -0.399 e. The van der Waals surface area contributed by atoms with Crippen LogP contribution in [0.25, 0.3) is 0 Å². The van der Waals surface area contributed by atoms with Gasteiger partial charge in [0.2, 0.25) is 0 Å². The highest BCUT2D eigenvalue weighted by molar-refractivity contribution is 5.94. The smallest absolute Gasteiger partial charge is 0.251 e. The number of benzene rings is 2. The third-order valence-electron chi connectivity index (χ3n) is 4.00. The number of hydrogen-bond donors (Lipinski definition) is 6. The van der Waals surface area contributed by atoms with Gasteiger partial charge in [-0.2, -0.15) is 0 Å². The van der Waals surface area contributed by atoms with Crippen molar-refractivity contribution in [1.29, 1.82) is 0 Å². The van der Waals surface area contributed by atoms with E-state index in [4.69, 9.17) is 11.5 Å². The summed E-state index contributed by atoms with van der Waals surface area (Å²) in [6, 6.07) is 13.6. The number of nitrogens with one attached hydrogen (secondary N) is 4. The molecule has 0 unspecified atom stereocenters. The van der Waals surface area contributed by atoms with Crippen LogP contribution in [-0.2, 0) is 0 Å². The molecule has 0 radical (unpaired) electrons. The molecule has 0 aliphatic heterocycles.